The van der Waals surface area contributed by atoms with E-state index in [-0.39, 0.29) is 11.5 Å². The van der Waals surface area contributed by atoms with Crippen molar-refractivity contribution < 1.29 is 14.0 Å². The fourth-order valence-electron chi connectivity index (χ4n) is 1.52. The number of amides is 2. The van der Waals surface area contributed by atoms with Crippen molar-refractivity contribution in [2.45, 2.75) is 12.8 Å². The Bertz CT molecular complexity index is 432. The molecule has 1 aromatic carbocycles. The molecule has 1 rings (SSSR count). The van der Waals surface area contributed by atoms with Crippen LogP contribution < -0.4 is 11.1 Å². The summed E-state index contributed by atoms with van der Waals surface area (Å²) in [6.07, 6.45) is 0. The highest BCUT2D eigenvalue weighted by Crippen LogP contribution is 2.22. The van der Waals surface area contributed by atoms with Gasteiger partial charge in [0.2, 0.25) is 5.91 Å². The normalized spacial score (nSPS) is 11.9. The molecule has 0 aliphatic rings. The van der Waals surface area contributed by atoms with E-state index in [1.807, 2.05) is 0 Å². The summed E-state index contributed by atoms with van der Waals surface area (Å²) in [5, 5.41) is 2.44. The zero-order valence-electron chi connectivity index (χ0n) is 9.08. The molecule has 0 aliphatic carbocycles. The van der Waals surface area contributed by atoms with Gasteiger partial charge in [-0.3, -0.25) is 9.59 Å². The van der Waals surface area contributed by atoms with Crippen LogP contribution in [-0.4, -0.2) is 18.9 Å². The number of primary amides is 1. The van der Waals surface area contributed by atoms with Crippen LogP contribution in [0.3, 0.4) is 0 Å². The molecule has 0 radical (unpaired) electrons. The van der Waals surface area contributed by atoms with Gasteiger partial charge >= 0.3 is 0 Å². The molecular formula is C11H13FN2O2. The Hall–Kier alpha value is -1.91. The molecule has 16 heavy (non-hydrogen) atoms. The average molecular weight is 224 g/mol. The first kappa shape index (κ1) is 12.2. The van der Waals surface area contributed by atoms with Gasteiger partial charge < -0.3 is 11.1 Å². The van der Waals surface area contributed by atoms with Crippen molar-refractivity contribution >= 4 is 11.8 Å². The molecule has 0 aromatic heterocycles. The number of carbonyl (C=O) groups excluding carboxylic acids is 2. The van der Waals surface area contributed by atoms with Crippen LogP contribution >= 0.6 is 0 Å². The van der Waals surface area contributed by atoms with Crippen molar-refractivity contribution in [2.24, 2.45) is 5.73 Å². The average Bonchev–Trinajstić information content (AvgIpc) is 2.26. The molecule has 2 amide bonds. The summed E-state index contributed by atoms with van der Waals surface area (Å²) in [6, 6.07) is 4.10. The Balaban J connectivity index is 3.28. The minimum atomic E-state index is -0.871. The van der Waals surface area contributed by atoms with Gasteiger partial charge in [-0.2, -0.15) is 0 Å². The van der Waals surface area contributed by atoms with Gasteiger partial charge in [-0.15, -0.1) is 0 Å². The van der Waals surface area contributed by atoms with Crippen molar-refractivity contribution in [3.8, 4) is 0 Å². The number of rotatable bonds is 3. The van der Waals surface area contributed by atoms with Gasteiger partial charge in [0.15, 0.2) is 0 Å². The largest absolute Gasteiger partial charge is 0.365 e. The number of nitrogens with two attached hydrogens (primary N) is 1. The summed E-state index contributed by atoms with van der Waals surface area (Å²) < 4.78 is 13.4. The maximum Gasteiger partial charge on any atom is 0.251 e. The fourth-order valence-corrected chi connectivity index (χ4v) is 1.52. The van der Waals surface area contributed by atoms with Gasteiger partial charge in [-0.25, -0.2) is 4.39 Å². The quantitative estimate of drug-likeness (QED) is 0.796. The molecule has 1 atom stereocenters. The van der Waals surface area contributed by atoms with Crippen LogP contribution in [-0.2, 0) is 4.79 Å². The SMILES string of the molecule is CNC(=O)[C@@H](C)c1cccc(F)c1C(N)=O. The minimum absolute atomic E-state index is 0.224. The van der Waals surface area contributed by atoms with E-state index in [4.69, 9.17) is 5.73 Å². The highest BCUT2D eigenvalue weighted by atomic mass is 19.1. The maximum absolute atomic E-state index is 13.4. The lowest BCUT2D eigenvalue weighted by Crippen LogP contribution is -2.26. The lowest BCUT2D eigenvalue weighted by atomic mass is 9.94. The minimum Gasteiger partial charge on any atom is -0.365 e. The molecule has 0 bridgehead atoms. The Morgan fingerprint density at radius 2 is 2.06 bits per heavy atom. The molecule has 0 unspecified atom stereocenters. The Kier molecular flexibility index (Phi) is 3.60. The number of hydrogen-bond acceptors (Lipinski definition) is 2. The Labute approximate surface area is 92.6 Å². The van der Waals surface area contributed by atoms with E-state index in [2.05, 4.69) is 5.32 Å². The molecule has 5 heteroatoms. The van der Waals surface area contributed by atoms with Gasteiger partial charge in [0.25, 0.3) is 5.91 Å². The van der Waals surface area contributed by atoms with Crippen molar-refractivity contribution in [3.63, 3.8) is 0 Å². The molecule has 0 fully saturated rings. The first-order valence-corrected chi connectivity index (χ1v) is 4.78. The molecule has 4 nitrogen and oxygen atoms in total. The summed E-state index contributed by atoms with van der Waals surface area (Å²) in [6.45, 7) is 1.58. The standard InChI is InChI=1S/C11H13FN2O2/c1-6(11(16)14-2)7-4-3-5-8(12)9(7)10(13)15/h3-6H,1-2H3,(H2,13,15)(H,14,16)/t6-/m0/s1. The number of carbonyl (C=O) groups is 2. The predicted octanol–water partition coefficient (Wildman–Crippen LogP) is 0.774. The summed E-state index contributed by atoms with van der Waals surface area (Å²) in [5.41, 5.74) is 5.16. The third-order valence-electron chi connectivity index (χ3n) is 2.40. The molecule has 0 heterocycles. The molecule has 0 spiro atoms. The monoisotopic (exact) mass is 224 g/mol. The van der Waals surface area contributed by atoms with Gasteiger partial charge in [-0.05, 0) is 18.6 Å². The third-order valence-corrected chi connectivity index (χ3v) is 2.40. The zero-order valence-corrected chi connectivity index (χ0v) is 9.08. The Morgan fingerprint density at radius 3 is 2.56 bits per heavy atom. The first-order valence-electron chi connectivity index (χ1n) is 4.78. The van der Waals surface area contributed by atoms with Gasteiger partial charge in [-0.1, -0.05) is 12.1 Å². The van der Waals surface area contributed by atoms with Crippen LogP contribution in [0.1, 0.15) is 28.8 Å². The van der Waals surface area contributed by atoms with E-state index in [1.165, 1.54) is 19.2 Å². The van der Waals surface area contributed by atoms with Crippen molar-refractivity contribution in [1.82, 2.24) is 5.32 Å². The van der Waals surface area contributed by atoms with E-state index in [9.17, 15) is 14.0 Å². The maximum atomic E-state index is 13.4. The predicted molar refractivity (Wildman–Crippen MR) is 57.4 cm³/mol. The number of likely N-dealkylation sites (N-methyl/N-ethyl adjacent to an activating group) is 1. The molecule has 3 N–H and O–H groups in total. The molecule has 0 saturated heterocycles. The van der Waals surface area contributed by atoms with Crippen LogP contribution in [0, 0.1) is 5.82 Å². The molecule has 86 valence electrons. The highest BCUT2D eigenvalue weighted by molar-refractivity contribution is 5.97. The van der Waals surface area contributed by atoms with E-state index in [0.717, 1.165) is 6.07 Å². The van der Waals surface area contributed by atoms with Gasteiger partial charge in [0, 0.05) is 7.05 Å². The lowest BCUT2D eigenvalue weighted by molar-refractivity contribution is -0.121. The van der Waals surface area contributed by atoms with E-state index < -0.39 is 17.6 Å². The summed E-state index contributed by atoms with van der Waals surface area (Å²) in [7, 11) is 1.47. The van der Waals surface area contributed by atoms with E-state index in [0.29, 0.717) is 5.56 Å². The fraction of sp³-hybridized carbons (Fsp3) is 0.273. The summed E-state index contributed by atoms with van der Waals surface area (Å²) in [4.78, 5) is 22.5. The van der Waals surface area contributed by atoms with Crippen LogP contribution in [0.25, 0.3) is 0 Å². The van der Waals surface area contributed by atoms with E-state index in [1.54, 1.807) is 6.92 Å². The smallest absolute Gasteiger partial charge is 0.251 e. The van der Waals surface area contributed by atoms with Gasteiger partial charge in [0.1, 0.15) is 5.82 Å². The van der Waals surface area contributed by atoms with Crippen molar-refractivity contribution in [3.05, 3.63) is 35.1 Å². The molecular weight excluding hydrogens is 211 g/mol. The number of hydrogen-bond donors (Lipinski definition) is 2. The molecule has 0 aliphatic heterocycles. The van der Waals surface area contributed by atoms with Crippen LogP contribution in [0.15, 0.2) is 18.2 Å². The third kappa shape index (κ3) is 2.18. The number of nitrogens with one attached hydrogen (secondary N) is 1. The molecule has 0 saturated carbocycles. The summed E-state index contributed by atoms with van der Waals surface area (Å²) >= 11 is 0. The Morgan fingerprint density at radius 1 is 1.44 bits per heavy atom. The first-order chi connectivity index (χ1) is 7.49. The van der Waals surface area contributed by atoms with Crippen LogP contribution in [0.4, 0.5) is 4.39 Å². The number of benzene rings is 1. The highest BCUT2D eigenvalue weighted by Gasteiger charge is 2.22. The second-order valence-electron chi connectivity index (χ2n) is 3.40. The van der Waals surface area contributed by atoms with Crippen LogP contribution in [0.2, 0.25) is 0 Å². The molecule has 1 aromatic rings. The van der Waals surface area contributed by atoms with Crippen molar-refractivity contribution in [2.75, 3.05) is 7.05 Å². The lowest BCUT2D eigenvalue weighted by Gasteiger charge is -2.13. The summed E-state index contributed by atoms with van der Waals surface area (Å²) in [5.74, 6) is -2.50. The van der Waals surface area contributed by atoms with Crippen LogP contribution in [0.5, 0.6) is 0 Å². The second kappa shape index (κ2) is 4.74. The topological polar surface area (TPSA) is 72.2 Å². The van der Waals surface area contributed by atoms with E-state index >= 15 is 0 Å². The van der Waals surface area contributed by atoms with Gasteiger partial charge in [0.05, 0.1) is 11.5 Å². The second-order valence-corrected chi connectivity index (χ2v) is 3.40. The zero-order chi connectivity index (χ0) is 12.3. The van der Waals surface area contributed by atoms with Crippen molar-refractivity contribution in [1.29, 1.82) is 0 Å². The number of halogens is 1.